The van der Waals surface area contributed by atoms with Crippen molar-refractivity contribution in [3.8, 4) is 5.75 Å². The molecule has 2 aliphatic heterocycles. The third-order valence-corrected chi connectivity index (χ3v) is 6.24. The molecular formula is C26H37N7O5. The molecule has 0 unspecified atom stereocenters. The van der Waals surface area contributed by atoms with Crippen LogP contribution in [0, 0.1) is 0 Å². The molecule has 2 aliphatic rings. The SMILES string of the molecule is CC(C)Oc1ccc(NC(=O)OC2CCN(c3ncnc(N)c3C=NOCCN3CCOCC3)CC2)cc1. The lowest BCUT2D eigenvalue weighted by atomic mass is 10.1. The van der Waals surface area contributed by atoms with Gasteiger partial charge in [-0.15, -0.1) is 0 Å². The minimum absolute atomic E-state index is 0.0886. The number of rotatable bonds is 10. The van der Waals surface area contributed by atoms with Crippen molar-refractivity contribution in [1.82, 2.24) is 14.9 Å². The number of hydrogen-bond donors (Lipinski definition) is 2. The molecule has 3 N–H and O–H groups in total. The van der Waals surface area contributed by atoms with Gasteiger partial charge in [0.25, 0.3) is 0 Å². The first-order chi connectivity index (χ1) is 18.5. The Bertz CT molecular complexity index is 1050. The molecule has 3 heterocycles. The molecule has 38 heavy (non-hydrogen) atoms. The number of morpholine rings is 1. The zero-order chi connectivity index (χ0) is 26.7. The number of nitrogens with two attached hydrogens (primary N) is 1. The van der Waals surface area contributed by atoms with Crippen molar-refractivity contribution < 1.29 is 23.8 Å². The van der Waals surface area contributed by atoms with E-state index in [2.05, 4.69) is 30.2 Å². The second kappa shape index (κ2) is 13.8. The number of aromatic nitrogens is 2. The Kier molecular flexibility index (Phi) is 9.93. The van der Waals surface area contributed by atoms with Crippen LogP contribution in [-0.2, 0) is 14.3 Å². The van der Waals surface area contributed by atoms with Crippen molar-refractivity contribution in [3.63, 3.8) is 0 Å². The molecule has 2 fully saturated rings. The highest BCUT2D eigenvalue weighted by Gasteiger charge is 2.25. The molecule has 1 aromatic heterocycles. The van der Waals surface area contributed by atoms with E-state index in [1.54, 1.807) is 18.3 Å². The van der Waals surface area contributed by atoms with Gasteiger partial charge in [0.2, 0.25) is 0 Å². The van der Waals surface area contributed by atoms with Gasteiger partial charge < -0.3 is 29.7 Å². The summed E-state index contributed by atoms with van der Waals surface area (Å²) in [6.45, 7) is 9.78. The highest BCUT2D eigenvalue weighted by atomic mass is 16.6. The molecule has 206 valence electrons. The Labute approximate surface area is 223 Å². The summed E-state index contributed by atoms with van der Waals surface area (Å²) in [4.78, 5) is 30.8. The molecule has 2 aromatic rings. The number of carbonyl (C=O) groups excluding carboxylic acids is 1. The van der Waals surface area contributed by atoms with Gasteiger partial charge in [0.1, 0.15) is 36.4 Å². The van der Waals surface area contributed by atoms with E-state index >= 15 is 0 Å². The summed E-state index contributed by atoms with van der Waals surface area (Å²) in [7, 11) is 0. The topological polar surface area (TPSA) is 137 Å². The van der Waals surface area contributed by atoms with Crippen molar-refractivity contribution in [2.75, 3.05) is 68.5 Å². The average molecular weight is 528 g/mol. The van der Waals surface area contributed by atoms with Crippen LogP contribution in [-0.4, -0.2) is 91.9 Å². The van der Waals surface area contributed by atoms with E-state index < -0.39 is 6.09 Å². The largest absolute Gasteiger partial charge is 0.491 e. The summed E-state index contributed by atoms with van der Waals surface area (Å²) in [6.07, 6.45) is 3.73. The van der Waals surface area contributed by atoms with E-state index in [9.17, 15) is 4.79 Å². The third kappa shape index (κ3) is 8.18. The van der Waals surface area contributed by atoms with Crippen LogP contribution in [0.5, 0.6) is 5.75 Å². The first-order valence-electron chi connectivity index (χ1n) is 13.0. The maximum absolute atomic E-state index is 12.4. The van der Waals surface area contributed by atoms with Crippen molar-refractivity contribution in [2.45, 2.75) is 38.9 Å². The van der Waals surface area contributed by atoms with Gasteiger partial charge in [0.15, 0.2) is 0 Å². The molecule has 0 bridgehead atoms. The summed E-state index contributed by atoms with van der Waals surface area (Å²) < 4.78 is 16.6. The lowest BCUT2D eigenvalue weighted by molar-refractivity contribution is 0.0214. The average Bonchev–Trinajstić information content (AvgIpc) is 2.91. The summed E-state index contributed by atoms with van der Waals surface area (Å²) in [5.41, 5.74) is 7.39. The fourth-order valence-corrected chi connectivity index (χ4v) is 4.29. The number of oxime groups is 1. The zero-order valence-electron chi connectivity index (χ0n) is 22.0. The van der Waals surface area contributed by atoms with E-state index in [4.69, 9.17) is 24.8 Å². The Morgan fingerprint density at radius 1 is 1.18 bits per heavy atom. The fourth-order valence-electron chi connectivity index (χ4n) is 4.29. The van der Waals surface area contributed by atoms with Crippen molar-refractivity contribution in [3.05, 3.63) is 36.2 Å². The lowest BCUT2D eigenvalue weighted by Crippen LogP contribution is -2.39. The highest BCUT2D eigenvalue weighted by Crippen LogP contribution is 2.25. The number of nitrogens with zero attached hydrogens (tertiary/aromatic N) is 5. The minimum Gasteiger partial charge on any atom is -0.491 e. The second-order valence-corrected chi connectivity index (χ2v) is 9.43. The minimum atomic E-state index is -0.477. The maximum atomic E-state index is 12.4. The Hall–Kier alpha value is -3.64. The Morgan fingerprint density at radius 2 is 1.92 bits per heavy atom. The summed E-state index contributed by atoms with van der Waals surface area (Å²) in [5.74, 6) is 1.77. The first-order valence-corrected chi connectivity index (χ1v) is 13.0. The molecule has 2 saturated heterocycles. The molecule has 0 spiro atoms. The fraction of sp³-hybridized carbons (Fsp3) is 0.538. The van der Waals surface area contributed by atoms with E-state index in [0.717, 1.165) is 38.6 Å². The number of ether oxygens (including phenoxy) is 3. The third-order valence-electron chi connectivity index (χ3n) is 6.24. The molecule has 4 rings (SSSR count). The van der Waals surface area contributed by atoms with Crippen LogP contribution in [0.2, 0.25) is 0 Å². The van der Waals surface area contributed by atoms with Gasteiger partial charge in [0, 0.05) is 51.3 Å². The standard InChI is InChI=1S/C26H37N7O5/c1-19(2)37-21-5-3-20(4-6-21)31-26(34)38-22-7-9-33(10-8-22)25-23(24(27)28-18-29-25)17-30-36-16-13-32-11-14-35-15-12-32/h3-6,17-19,22H,7-16H2,1-2H3,(H,31,34)(H2,27,28,29). The van der Waals surface area contributed by atoms with Crippen LogP contribution in [0.15, 0.2) is 35.7 Å². The number of nitrogens with one attached hydrogen (secondary N) is 1. The number of carbonyl (C=O) groups is 1. The van der Waals surface area contributed by atoms with Crippen molar-refractivity contribution in [2.24, 2.45) is 5.16 Å². The molecule has 1 amide bonds. The van der Waals surface area contributed by atoms with Gasteiger partial charge in [0.05, 0.1) is 31.1 Å². The second-order valence-electron chi connectivity index (χ2n) is 9.43. The molecule has 12 heteroatoms. The molecule has 0 saturated carbocycles. The predicted octanol–water partition coefficient (Wildman–Crippen LogP) is 2.75. The molecule has 12 nitrogen and oxygen atoms in total. The van der Waals surface area contributed by atoms with Crippen LogP contribution in [0.3, 0.4) is 0 Å². The smallest absolute Gasteiger partial charge is 0.411 e. The summed E-state index contributed by atoms with van der Waals surface area (Å²) >= 11 is 0. The number of benzene rings is 1. The normalized spacial score (nSPS) is 17.1. The Balaban J connectivity index is 1.24. The molecular weight excluding hydrogens is 490 g/mol. The summed E-state index contributed by atoms with van der Waals surface area (Å²) in [6, 6.07) is 7.21. The predicted molar refractivity (Wildman–Crippen MR) is 145 cm³/mol. The van der Waals surface area contributed by atoms with Gasteiger partial charge in [-0.2, -0.15) is 0 Å². The Morgan fingerprint density at radius 3 is 2.63 bits per heavy atom. The molecule has 0 atom stereocenters. The molecule has 0 aliphatic carbocycles. The van der Waals surface area contributed by atoms with E-state index in [-0.39, 0.29) is 12.2 Å². The molecule has 0 radical (unpaired) electrons. The van der Waals surface area contributed by atoms with Crippen molar-refractivity contribution >= 4 is 29.6 Å². The van der Waals surface area contributed by atoms with Gasteiger partial charge in [-0.25, -0.2) is 14.8 Å². The van der Waals surface area contributed by atoms with Gasteiger partial charge in [-0.1, -0.05) is 5.16 Å². The van der Waals surface area contributed by atoms with Crippen LogP contribution >= 0.6 is 0 Å². The maximum Gasteiger partial charge on any atom is 0.411 e. The van der Waals surface area contributed by atoms with E-state index in [0.29, 0.717) is 55.4 Å². The van der Waals surface area contributed by atoms with Crippen molar-refractivity contribution in [1.29, 1.82) is 0 Å². The first kappa shape index (κ1) is 27.4. The number of anilines is 3. The monoisotopic (exact) mass is 527 g/mol. The van der Waals surface area contributed by atoms with E-state index in [1.165, 1.54) is 6.33 Å². The van der Waals surface area contributed by atoms with Gasteiger partial charge in [-0.05, 0) is 38.1 Å². The quantitative estimate of drug-likeness (QED) is 0.270. The van der Waals surface area contributed by atoms with Crippen LogP contribution in [0.4, 0.5) is 22.1 Å². The van der Waals surface area contributed by atoms with Crippen LogP contribution < -0.4 is 20.7 Å². The summed E-state index contributed by atoms with van der Waals surface area (Å²) in [5, 5.41) is 6.88. The lowest BCUT2D eigenvalue weighted by Gasteiger charge is -2.33. The van der Waals surface area contributed by atoms with Crippen LogP contribution in [0.1, 0.15) is 32.3 Å². The van der Waals surface area contributed by atoms with Crippen LogP contribution in [0.25, 0.3) is 0 Å². The van der Waals surface area contributed by atoms with Gasteiger partial charge >= 0.3 is 6.09 Å². The van der Waals surface area contributed by atoms with Gasteiger partial charge in [-0.3, -0.25) is 10.2 Å². The number of nitrogen functional groups attached to an aromatic ring is 1. The van der Waals surface area contributed by atoms with E-state index in [1.807, 2.05) is 26.0 Å². The zero-order valence-corrected chi connectivity index (χ0v) is 22.0. The highest BCUT2D eigenvalue weighted by molar-refractivity contribution is 5.91. The molecule has 1 aromatic carbocycles. The number of amides is 1. The number of piperidine rings is 1. The number of hydrogen-bond acceptors (Lipinski definition) is 11.